The van der Waals surface area contributed by atoms with Crippen LogP contribution < -0.4 is 5.32 Å². The molecule has 3 rings (SSSR count). The van der Waals surface area contributed by atoms with Crippen molar-refractivity contribution >= 4 is 5.69 Å². The largest absolute Gasteiger partial charge is 0.382 e. The van der Waals surface area contributed by atoms with E-state index in [1.54, 1.807) is 0 Å². The highest BCUT2D eigenvalue weighted by atomic mass is 15.1. The van der Waals surface area contributed by atoms with Crippen molar-refractivity contribution in [2.45, 2.75) is 32.4 Å². The van der Waals surface area contributed by atoms with Gasteiger partial charge in [0.25, 0.3) is 0 Å². The first-order chi connectivity index (χ1) is 10.3. The minimum Gasteiger partial charge on any atom is -0.382 e. The molecule has 0 radical (unpaired) electrons. The van der Waals surface area contributed by atoms with Gasteiger partial charge in [0.15, 0.2) is 0 Å². The van der Waals surface area contributed by atoms with E-state index in [0.717, 1.165) is 19.6 Å². The number of aromatic nitrogens is 1. The van der Waals surface area contributed by atoms with E-state index in [0.29, 0.717) is 6.04 Å². The fourth-order valence-corrected chi connectivity index (χ4v) is 2.87. The first-order valence-electron chi connectivity index (χ1n) is 7.74. The van der Waals surface area contributed by atoms with Gasteiger partial charge in [0.2, 0.25) is 0 Å². The van der Waals surface area contributed by atoms with E-state index >= 15 is 0 Å². The fraction of sp³-hybridized carbons (Fsp3) is 0.389. The van der Waals surface area contributed by atoms with Crippen LogP contribution >= 0.6 is 0 Å². The number of piperidine rings is 1. The van der Waals surface area contributed by atoms with E-state index in [9.17, 15) is 0 Å². The summed E-state index contributed by atoms with van der Waals surface area (Å²) in [5, 5.41) is 3.65. The highest BCUT2D eigenvalue weighted by molar-refractivity contribution is 5.45. The van der Waals surface area contributed by atoms with Crippen LogP contribution in [0.25, 0.3) is 0 Å². The molecule has 1 aliphatic heterocycles. The number of benzene rings is 1. The molecule has 0 atom stereocenters. The van der Waals surface area contributed by atoms with Crippen LogP contribution in [0.5, 0.6) is 0 Å². The molecular weight excluding hydrogens is 258 g/mol. The highest BCUT2D eigenvalue weighted by Crippen LogP contribution is 2.18. The van der Waals surface area contributed by atoms with Gasteiger partial charge in [-0.05, 0) is 43.5 Å². The summed E-state index contributed by atoms with van der Waals surface area (Å²) in [5.74, 6) is 0. The van der Waals surface area contributed by atoms with Crippen molar-refractivity contribution in [3.8, 4) is 0 Å². The molecule has 0 spiro atoms. The Hall–Kier alpha value is -1.87. The van der Waals surface area contributed by atoms with Crippen LogP contribution in [-0.4, -0.2) is 29.0 Å². The molecule has 1 N–H and O–H groups in total. The summed E-state index contributed by atoms with van der Waals surface area (Å²) in [6, 6.07) is 13.5. The normalized spacial score (nSPS) is 16.8. The quantitative estimate of drug-likeness (QED) is 0.930. The van der Waals surface area contributed by atoms with Crippen LogP contribution in [0.3, 0.4) is 0 Å². The lowest BCUT2D eigenvalue weighted by atomic mass is 10.0. The van der Waals surface area contributed by atoms with Gasteiger partial charge in [-0.2, -0.15) is 0 Å². The summed E-state index contributed by atoms with van der Waals surface area (Å²) in [7, 11) is 0. The number of likely N-dealkylation sites (tertiary alicyclic amines) is 1. The van der Waals surface area contributed by atoms with Gasteiger partial charge in [-0.3, -0.25) is 9.88 Å². The van der Waals surface area contributed by atoms with Crippen molar-refractivity contribution in [1.82, 2.24) is 9.88 Å². The first-order valence-corrected chi connectivity index (χ1v) is 7.74. The van der Waals surface area contributed by atoms with E-state index in [-0.39, 0.29) is 0 Å². The van der Waals surface area contributed by atoms with Crippen LogP contribution in [0.4, 0.5) is 5.69 Å². The predicted molar refractivity (Wildman–Crippen MR) is 87.3 cm³/mol. The summed E-state index contributed by atoms with van der Waals surface area (Å²) in [6.45, 7) is 5.45. The van der Waals surface area contributed by atoms with Crippen LogP contribution in [0.1, 0.15) is 24.0 Å². The number of aryl methyl sites for hydroxylation is 1. The lowest BCUT2D eigenvalue weighted by Crippen LogP contribution is -2.38. The molecule has 21 heavy (non-hydrogen) atoms. The molecule has 0 bridgehead atoms. The Morgan fingerprint density at radius 1 is 1.14 bits per heavy atom. The van der Waals surface area contributed by atoms with Gasteiger partial charge in [0, 0.05) is 43.8 Å². The summed E-state index contributed by atoms with van der Waals surface area (Å²) in [6.07, 6.45) is 6.21. The lowest BCUT2D eigenvalue weighted by molar-refractivity contribution is 0.211. The van der Waals surface area contributed by atoms with Crippen molar-refractivity contribution in [2.75, 3.05) is 18.4 Å². The Bertz CT molecular complexity index is 542. The zero-order valence-corrected chi connectivity index (χ0v) is 12.6. The Balaban J connectivity index is 1.47. The smallest absolute Gasteiger partial charge is 0.0342 e. The molecule has 1 saturated heterocycles. The molecule has 1 aromatic heterocycles. The minimum atomic E-state index is 0.595. The van der Waals surface area contributed by atoms with E-state index in [2.05, 4.69) is 52.5 Å². The van der Waals surface area contributed by atoms with Crippen molar-refractivity contribution in [2.24, 2.45) is 0 Å². The standard InChI is InChI=1S/C18H23N3/c1-15-4-6-17(7-5-15)20-18-8-11-21(12-9-18)14-16-3-2-10-19-13-16/h2-7,10,13,18,20H,8-9,11-12,14H2,1H3. The molecule has 1 aliphatic rings. The third-order valence-corrected chi connectivity index (χ3v) is 4.14. The number of anilines is 1. The number of pyridine rings is 1. The lowest BCUT2D eigenvalue weighted by Gasteiger charge is -2.32. The Morgan fingerprint density at radius 3 is 2.57 bits per heavy atom. The maximum absolute atomic E-state index is 4.19. The van der Waals surface area contributed by atoms with E-state index in [1.807, 2.05) is 18.5 Å². The molecule has 1 aromatic carbocycles. The Morgan fingerprint density at radius 2 is 1.90 bits per heavy atom. The van der Waals surface area contributed by atoms with Crippen molar-refractivity contribution in [3.05, 3.63) is 59.9 Å². The summed E-state index contributed by atoms with van der Waals surface area (Å²) in [5.41, 5.74) is 3.86. The van der Waals surface area contributed by atoms with E-state index < -0.39 is 0 Å². The molecular formula is C18H23N3. The fourth-order valence-electron chi connectivity index (χ4n) is 2.87. The molecule has 1 fully saturated rings. The molecule has 2 heterocycles. The minimum absolute atomic E-state index is 0.595. The number of rotatable bonds is 4. The molecule has 0 saturated carbocycles. The predicted octanol–water partition coefficient (Wildman–Crippen LogP) is 3.47. The third-order valence-electron chi connectivity index (χ3n) is 4.14. The van der Waals surface area contributed by atoms with Gasteiger partial charge in [-0.25, -0.2) is 0 Å². The number of hydrogen-bond donors (Lipinski definition) is 1. The number of nitrogens with one attached hydrogen (secondary N) is 1. The topological polar surface area (TPSA) is 28.2 Å². The van der Waals surface area contributed by atoms with Gasteiger partial charge in [-0.1, -0.05) is 23.8 Å². The second-order valence-electron chi connectivity index (χ2n) is 5.92. The second kappa shape index (κ2) is 6.72. The number of nitrogens with zero attached hydrogens (tertiary/aromatic N) is 2. The summed E-state index contributed by atoms with van der Waals surface area (Å²) in [4.78, 5) is 6.71. The van der Waals surface area contributed by atoms with Gasteiger partial charge in [0.1, 0.15) is 0 Å². The van der Waals surface area contributed by atoms with Crippen molar-refractivity contribution in [3.63, 3.8) is 0 Å². The molecule has 0 aliphatic carbocycles. The van der Waals surface area contributed by atoms with Gasteiger partial charge in [0.05, 0.1) is 0 Å². The average molecular weight is 281 g/mol. The molecule has 3 nitrogen and oxygen atoms in total. The van der Waals surface area contributed by atoms with E-state index in [4.69, 9.17) is 0 Å². The SMILES string of the molecule is Cc1ccc(NC2CCN(Cc3cccnc3)CC2)cc1. The third kappa shape index (κ3) is 4.05. The summed E-state index contributed by atoms with van der Waals surface area (Å²) < 4.78 is 0. The molecule has 2 aromatic rings. The first kappa shape index (κ1) is 14.1. The summed E-state index contributed by atoms with van der Waals surface area (Å²) >= 11 is 0. The zero-order valence-electron chi connectivity index (χ0n) is 12.6. The molecule has 0 unspecified atom stereocenters. The van der Waals surface area contributed by atoms with Crippen LogP contribution in [0.15, 0.2) is 48.8 Å². The second-order valence-corrected chi connectivity index (χ2v) is 5.92. The van der Waals surface area contributed by atoms with Crippen LogP contribution in [0.2, 0.25) is 0 Å². The Labute approximate surface area is 127 Å². The maximum Gasteiger partial charge on any atom is 0.0342 e. The van der Waals surface area contributed by atoms with Gasteiger partial charge >= 0.3 is 0 Å². The molecule has 110 valence electrons. The molecule has 0 amide bonds. The van der Waals surface area contributed by atoms with Crippen LogP contribution in [-0.2, 0) is 6.54 Å². The number of hydrogen-bond acceptors (Lipinski definition) is 3. The van der Waals surface area contributed by atoms with Crippen molar-refractivity contribution in [1.29, 1.82) is 0 Å². The van der Waals surface area contributed by atoms with Gasteiger partial charge < -0.3 is 5.32 Å². The van der Waals surface area contributed by atoms with Gasteiger partial charge in [-0.15, -0.1) is 0 Å². The van der Waals surface area contributed by atoms with Crippen molar-refractivity contribution < 1.29 is 0 Å². The highest BCUT2D eigenvalue weighted by Gasteiger charge is 2.18. The zero-order chi connectivity index (χ0) is 14.5. The molecule has 3 heteroatoms. The van der Waals surface area contributed by atoms with E-state index in [1.165, 1.54) is 29.7 Å². The maximum atomic E-state index is 4.19. The monoisotopic (exact) mass is 281 g/mol. The average Bonchev–Trinajstić information content (AvgIpc) is 2.53. The van der Waals surface area contributed by atoms with Crippen LogP contribution in [0, 0.1) is 6.92 Å². The Kier molecular flexibility index (Phi) is 4.51.